The second-order valence-electron chi connectivity index (χ2n) is 7.04. The van der Waals surface area contributed by atoms with Gasteiger partial charge in [-0.1, -0.05) is 54.6 Å². The molecule has 2 heterocycles. The number of hydrogen-bond donors (Lipinski definition) is 1. The summed E-state index contributed by atoms with van der Waals surface area (Å²) in [7, 11) is 0. The number of aromatic nitrogens is 3. The van der Waals surface area contributed by atoms with Gasteiger partial charge >= 0.3 is 0 Å². The maximum Gasteiger partial charge on any atom is 0.217 e. The van der Waals surface area contributed by atoms with Gasteiger partial charge in [0, 0.05) is 44.6 Å². The average Bonchev–Trinajstić information content (AvgIpc) is 2.85. The monoisotopic (exact) mass is 611 g/mol. The number of benzene rings is 3. The van der Waals surface area contributed by atoms with E-state index >= 15 is 0 Å². The Morgan fingerprint density at radius 3 is 2.27 bits per heavy atom. The van der Waals surface area contributed by atoms with Gasteiger partial charge in [0.2, 0.25) is 5.88 Å². The Labute approximate surface area is 206 Å². The first-order valence-corrected chi connectivity index (χ1v) is 10.1. The summed E-state index contributed by atoms with van der Waals surface area (Å²) in [5.74, 6) is 1.64. The number of nitrogens with zero attached hydrogens (tertiary/aromatic N) is 3. The van der Waals surface area contributed by atoms with E-state index in [-0.39, 0.29) is 26.8 Å². The van der Waals surface area contributed by atoms with Crippen molar-refractivity contribution in [2.24, 2.45) is 0 Å². The smallest absolute Gasteiger partial charge is 0.217 e. The molecule has 1 N–H and O–H groups in total. The first-order valence-electron chi connectivity index (χ1n) is 10.1. The molecule has 5 rings (SSSR count). The summed E-state index contributed by atoms with van der Waals surface area (Å²) in [4.78, 5) is 13.7. The van der Waals surface area contributed by atoms with E-state index < -0.39 is 0 Å². The van der Waals surface area contributed by atoms with Crippen molar-refractivity contribution < 1.29 is 30.9 Å². The molecule has 0 bridgehead atoms. The van der Waals surface area contributed by atoms with E-state index in [1.807, 2.05) is 78.9 Å². The van der Waals surface area contributed by atoms with Gasteiger partial charge in [0.15, 0.2) is 0 Å². The van der Waals surface area contributed by atoms with Crippen molar-refractivity contribution in [1.29, 1.82) is 0 Å². The molecule has 3 aromatic carbocycles. The SMILES string of the molecule is Oc1ccccc1-c1cc(-c2ccccc2)nc(-c2[c-]c(Oc3ccccn3)ccc2)n1.[Pt]. The van der Waals surface area contributed by atoms with E-state index in [0.29, 0.717) is 34.3 Å². The summed E-state index contributed by atoms with van der Waals surface area (Å²) in [5.41, 5.74) is 3.63. The predicted octanol–water partition coefficient (Wildman–Crippen LogP) is 6.17. The van der Waals surface area contributed by atoms with Gasteiger partial charge < -0.3 is 9.84 Å². The van der Waals surface area contributed by atoms with Crippen molar-refractivity contribution in [2.75, 3.05) is 0 Å². The van der Waals surface area contributed by atoms with E-state index in [0.717, 1.165) is 11.3 Å². The largest absolute Gasteiger partial charge is 0.507 e. The molecule has 0 aliphatic rings. The Morgan fingerprint density at radius 2 is 1.48 bits per heavy atom. The van der Waals surface area contributed by atoms with Gasteiger partial charge in [-0.05, 0) is 29.8 Å². The van der Waals surface area contributed by atoms with Crippen LogP contribution in [0.15, 0.2) is 103 Å². The van der Waals surface area contributed by atoms with Crippen LogP contribution in [0.4, 0.5) is 0 Å². The summed E-state index contributed by atoms with van der Waals surface area (Å²) >= 11 is 0. The molecule has 0 saturated heterocycles. The summed E-state index contributed by atoms with van der Waals surface area (Å²) < 4.78 is 5.83. The first kappa shape index (κ1) is 22.4. The Hall–Kier alpha value is -3.82. The second-order valence-corrected chi connectivity index (χ2v) is 7.04. The van der Waals surface area contributed by atoms with Crippen LogP contribution in [-0.4, -0.2) is 20.1 Å². The Bertz CT molecular complexity index is 1360. The number of aromatic hydroxyl groups is 1. The molecule has 33 heavy (non-hydrogen) atoms. The maximum absolute atomic E-state index is 10.4. The van der Waals surface area contributed by atoms with Crippen LogP contribution < -0.4 is 4.74 Å². The number of para-hydroxylation sites is 1. The van der Waals surface area contributed by atoms with Gasteiger partial charge in [-0.2, -0.15) is 0 Å². The van der Waals surface area contributed by atoms with Crippen LogP contribution in [-0.2, 0) is 21.1 Å². The van der Waals surface area contributed by atoms with Crippen LogP contribution in [0.25, 0.3) is 33.9 Å². The molecule has 2 aromatic heterocycles. The fourth-order valence-electron chi connectivity index (χ4n) is 3.31. The zero-order chi connectivity index (χ0) is 21.8. The van der Waals surface area contributed by atoms with E-state index in [1.165, 1.54) is 0 Å². The predicted molar refractivity (Wildman–Crippen MR) is 123 cm³/mol. The molecule has 0 radical (unpaired) electrons. The summed E-state index contributed by atoms with van der Waals surface area (Å²) in [6.45, 7) is 0. The van der Waals surface area contributed by atoms with Crippen LogP contribution in [0, 0.1) is 6.07 Å². The number of phenolic OH excluding ortho intramolecular Hbond substituents is 1. The molecule has 6 heteroatoms. The molecular formula is C27H18N3O2Pt-. The molecule has 0 aliphatic carbocycles. The number of phenols is 1. The molecule has 0 saturated carbocycles. The molecule has 0 fully saturated rings. The van der Waals surface area contributed by atoms with Crippen LogP contribution in [0.1, 0.15) is 0 Å². The summed E-state index contributed by atoms with van der Waals surface area (Å²) in [6, 6.07) is 33.1. The van der Waals surface area contributed by atoms with Crippen molar-refractivity contribution in [3.8, 4) is 51.3 Å². The molecule has 0 unspecified atom stereocenters. The summed E-state index contributed by atoms with van der Waals surface area (Å²) in [6.07, 6.45) is 1.67. The third-order valence-electron chi connectivity index (χ3n) is 4.84. The normalized spacial score (nSPS) is 10.3. The van der Waals surface area contributed by atoms with Crippen LogP contribution in [0.3, 0.4) is 0 Å². The fourth-order valence-corrected chi connectivity index (χ4v) is 3.31. The topological polar surface area (TPSA) is 68.1 Å². The molecule has 5 aromatic rings. The first-order chi connectivity index (χ1) is 15.8. The van der Waals surface area contributed by atoms with Gasteiger partial charge in [-0.3, -0.25) is 9.97 Å². The third kappa shape index (κ3) is 5.16. The van der Waals surface area contributed by atoms with Crippen molar-refractivity contribution >= 4 is 0 Å². The Balaban J connectivity index is 0.00000259. The van der Waals surface area contributed by atoms with Gasteiger partial charge in [-0.15, -0.1) is 23.8 Å². The van der Waals surface area contributed by atoms with E-state index in [9.17, 15) is 5.11 Å². The zero-order valence-electron chi connectivity index (χ0n) is 17.3. The van der Waals surface area contributed by atoms with E-state index in [4.69, 9.17) is 14.7 Å². The second kappa shape index (κ2) is 10.2. The minimum absolute atomic E-state index is 0. The van der Waals surface area contributed by atoms with Gasteiger partial charge in [0.25, 0.3) is 0 Å². The Morgan fingerprint density at radius 1 is 0.727 bits per heavy atom. The van der Waals surface area contributed by atoms with Crippen LogP contribution in [0.5, 0.6) is 17.4 Å². The number of ether oxygens (including phenoxy) is 1. The third-order valence-corrected chi connectivity index (χ3v) is 4.84. The maximum atomic E-state index is 10.4. The molecule has 0 amide bonds. The summed E-state index contributed by atoms with van der Waals surface area (Å²) in [5, 5.41) is 10.4. The fraction of sp³-hybridized carbons (Fsp3) is 0. The van der Waals surface area contributed by atoms with Crippen molar-refractivity contribution in [3.05, 3.63) is 109 Å². The molecule has 5 nitrogen and oxygen atoms in total. The standard InChI is InChI=1S/C27H18N3O2.Pt/c31-25-14-5-4-13-22(25)24-18-23(19-9-2-1-3-10-19)29-27(30-24)20-11-8-12-21(17-20)32-26-15-6-7-16-28-26;/h1-16,18,31H;/q-1;. The quantitative estimate of drug-likeness (QED) is 0.241. The van der Waals surface area contributed by atoms with Crippen molar-refractivity contribution in [2.45, 2.75) is 0 Å². The van der Waals surface area contributed by atoms with Crippen LogP contribution in [0.2, 0.25) is 0 Å². The van der Waals surface area contributed by atoms with E-state index in [2.05, 4.69) is 11.1 Å². The average molecular weight is 612 g/mol. The van der Waals surface area contributed by atoms with Crippen molar-refractivity contribution in [1.82, 2.24) is 15.0 Å². The number of hydrogen-bond acceptors (Lipinski definition) is 5. The molecule has 0 aliphatic heterocycles. The minimum Gasteiger partial charge on any atom is -0.507 e. The zero-order valence-corrected chi connectivity index (χ0v) is 19.6. The Kier molecular flexibility index (Phi) is 6.91. The van der Waals surface area contributed by atoms with E-state index in [1.54, 1.807) is 24.4 Å². The van der Waals surface area contributed by atoms with Crippen molar-refractivity contribution in [3.63, 3.8) is 0 Å². The molecule has 0 spiro atoms. The van der Waals surface area contributed by atoms with Gasteiger partial charge in [0.05, 0.1) is 17.2 Å². The van der Waals surface area contributed by atoms with Gasteiger partial charge in [0.1, 0.15) is 5.75 Å². The molecule has 0 atom stereocenters. The minimum atomic E-state index is 0. The number of rotatable bonds is 5. The van der Waals surface area contributed by atoms with Crippen LogP contribution >= 0.6 is 0 Å². The molecular weight excluding hydrogens is 593 g/mol. The molecule has 164 valence electrons. The van der Waals surface area contributed by atoms with Gasteiger partial charge in [-0.25, -0.2) is 4.98 Å². The number of pyridine rings is 1.